The first-order valence-corrected chi connectivity index (χ1v) is 5.49. The summed E-state index contributed by atoms with van der Waals surface area (Å²) in [5, 5.41) is 10.9. The SMILES string of the molecule is Cc1cccc(Oc2ccc[c]c2[N+](=O)[O-])c1C. The molecule has 0 aliphatic rings. The number of nitro benzene ring substituents is 1. The van der Waals surface area contributed by atoms with Crippen LogP contribution in [0.1, 0.15) is 11.1 Å². The molecule has 91 valence electrons. The van der Waals surface area contributed by atoms with Crippen molar-refractivity contribution >= 4 is 5.69 Å². The van der Waals surface area contributed by atoms with E-state index in [9.17, 15) is 10.1 Å². The number of benzene rings is 2. The number of hydrogen-bond acceptors (Lipinski definition) is 3. The van der Waals surface area contributed by atoms with Crippen molar-refractivity contribution in [2.45, 2.75) is 13.8 Å². The smallest absolute Gasteiger partial charge is 0.319 e. The molecule has 0 aliphatic heterocycles. The molecule has 0 aromatic heterocycles. The zero-order valence-electron chi connectivity index (χ0n) is 10.1. The van der Waals surface area contributed by atoms with Gasteiger partial charge in [-0.3, -0.25) is 10.1 Å². The third-order valence-electron chi connectivity index (χ3n) is 2.75. The number of rotatable bonds is 3. The monoisotopic (exact) mass is 242 g/mol. The summed E-state index contributed by atoms with van der Waals surface area (Å²) >= 11 is 0. The molecule has 2 aromatic rings. The van der Waals surface area contributed by atoms with Gasteiger partial charge in [0.1, 0.15) is 5.75 Å². The number of nitrogens with zero attached hydrogens (tertiary/aromatic N) is 1. The Balaban J connectivity index is 2.40. The van der Waals surface area contributed by atoms with Gasteiger partial charge in [-0.15, -0.1) is 0 Å². The van der Waals surface area contributed by atoms with Gasteiger partial charge < -0.3 is 4.74 Å². The third-order valence-corrected chi connectivity index (χ3v) is 2.75. The molecule has 0 atom stereocenters. The molecule has 18 heavy (non-hydrogen) atoms. The summed E-state index contributed by atoms with van der Waals surface area (Å²) in [6, 6.07) is 12.9. The highest BCUT2D eigenvalue weighted by Crippen LogP contribution is 2.32. The Morgan fingerprint density at radius 1 is 1.17 bits per heavy atom. The van der Waals surface area contributed by atoms with E-state index >= 15 is 0 Å². The molecule has 0 spiro atoms. The first-order valence-electron chi connectivity index (χ1n) is 5.49. The van der Waals surface area contributed by atoms with E-state index in [4.69, 9.17) is 4.74 Å². The van der Waals surface area contributed by atoms with Gasteiger partial charge in [0.25, 0.3) is 0 Å². The van der Waals surface area contributed by atoms with Crippen molar-refractivity contribution in [3.63, 3.8) is 0 Å². The molecule has 4 nitrogen and oxygen atoms in total. The van der Waals surface area contributed by atoms with Crippen LogP contribution in [-0.4, -0.2) is 4.92 Å². The second-order valence-corrected chi connectivity index (χ2v) is 3.94. The molecule has 0 bridgehead atoms. The molecule has 0 unspecified atom stereocenters. The first kappa shape index (κ1) is 12.1. The highest BCUT2D eigenvalue weighted by atomic mass is 16.6. The topological polar surface area (TPSA) is 52.4 Å². The molecule has 2 rings (SSSR count). The van der Waals surface area contributed by atoms with E-state index in [1.54, 1.807) is 18.2 Å². The summed E-state index contributed by atoms with van der Waals surface area (Å²) in [6.45, 7) is 3.89. The minimum absolute atomic E-state index is 0.154. The second kappa shape index (κ2) is 4.87. The second-order valence-electron chi connectivity index (χ2n) is 3.94. The van der Waals surface area contributed by atoms with Crippen LogP contribution in [-0.2, 0) is 0 Å². The number of para-hydroxylation sites is 1. The van der Waals surface area contributed by atoms with E-state index in [2.05, 4.69) is 6.07 Å². The van der Waals surface area contributed by atoms with Crippen molar-refractivity contribution in [2.75, 3.05) is 0 Å². The van der Waals surface area contributed by atoms with Crippen LogP contribution >= 0.6 is 0 Å². The summed E-state index contributed by atoms with van der Waals surface area (Å²) in [5.41, 5.74) is 1.89. The molecule has 0 aliphatic carbocycles. The quantitative estimate of drug-likeness (QED) is 0.607. The minimum atomic E-state index is -0.500. The van der Waals surface area contributed by atoms with Crippen LogP contribution in [0.25, 0.3) is 0 Å². The number of hydrogen-bond donors (Lipinski definition) is 0. The molecule has 1 radical (unpaired) electrons. The Labute approximate surface area is 105 Å². The largest absolute Gasteiger partial charge is 0.450 e. The van der Waals surface area contributed by atoms with Gasteiger partial charge in [-0.2, -0.15) is 0 Å². The molecule has 0 saturated heterocycles. The van der Waals surface area contributed by atoms with Crippen molar-refractivity contribution in [1.29, 1.82) is 0 Å². The average Bonchev–Trinajstić information content (AvgIpc) is 2.35. The summed E-state index contributed by atoms with van der Waals surface area (Å²) in [4.78, 5) is 10.4. The van der Waals surface area contributed by atoms with Gasteiger partial charge >= 0.3 is 5.69 Å². The molecule has 4 heteroatoms. The first-order chi connectivity index (χ1) is 8.59. The predicted molar refractivity (Wildman–Crippen MR) is 67.9 cm³/mol. The van der Waals surface area contributed by atoms with Gasteiger partial charge in [0.2, 0.25) is 5.75 Å². The van der Waals surface area contributed by atoms with Gasteiger partial charge in [-0.1, -0.05) is 18.2 Å². The fourth-order valence-electron chi connectivity index (χ4n) is 1.59. The fraction of sp³-hybridized carbons (Fsp3) is 0.143. The lowest BCUT2D eigenvalue weighted by atomic mass is 10.1. The lowest BCUT2D eigenvalue weighted by molar-refractivity contribution is -0.386. The third kappa shape index (κ3) is 2.32. The summed E-state index contributed by atoms with van der Waals surface area (Å²) in [7, 11) is 0. The zero-order chi connectivity index (χ0) is 13.1. The summed E-state index contributed by atoms with van der Waals surface area (Å²) in [6.07, 6.45) is 0. The number of aryl methyl sites for hydroxylation is 1. The van der Waals surface area contributed by atoms with Gasteiger partial charge in [-0.25, -0.2) is 0 Å². The molecular formula is C14H12NO3. The molecular weight excluding hydrogens is 230 g/mol. The highest BCUT2D eigenvalue weighted by Gasteiger charge is 2.15. The van der Waals surface area contributed by atoms with Crippen molar-refractivity contribution in [1.82, 2.24) is 0 Å². The Morgan fingerprint density at radius 2 is 1.89 bits per heavy atom. The van der Waals surface area contributed by atoms with Gasteiger partial charge in [0, 0.05) is 0 Å². The van der Waals surface area contributed by atoms with E-state index in [1.807, 2.05) is 26.0 Å². The average molecular weight is 242 g/mol. The zero-order valence-corrected chi connectivity index (χ0v) is 10.1. The molecule has 0 N–H and O–H groups in total. The Hall–Kier alpha value is -2.36. The fourth-order valence-corrected chi connectivity index (χ4v) is 1.59. The van der Waals surface area contributed by atoms with Crippen LogP contribution in [0.3, 0.4) is 0 Å². The van der Waals surface area contributed by atoms with Crippen molar-refractivity contribution < 1.29 is 9.66 Å². The lowest BCUT2D eigenvalue weighted by Crippen LogP contribution is -1.95. The molecule has 0 fully saturated rings. The normalized spacial score (nSPS) is 10.1. The van der Waals surface area contributed by atoms with Crippen LogP contribution in [0.4, 0.5) is 5.69 Å². The maximum atomic E-state index is 10.9. The van der Waals surface area contributed by atoms with Gasteiger partial charge in [-0.05, 0) is 43.2 Å². The van der Waals surface area contributed by atoms with E-state index in [0.29, 0.717) is 5.75 Å². The Morgan fingerprint density at radius 3 is 2.61 bits per heavy atom. The van der Waals surface area contributed by atoms with E-state index in [1.165, 1.54) is 6.07 Å². The highest BCUT2D eigenvalue weighted by molar-refractivity contribution is 5.49. The van der Waals surface area contributed by atoms with Crippen molar-refractivity contribution in [2.24, 2.45) is 0 Å². The van der Waals surface area contributed by atoms with Crippen LogP contribution in [0.15, 0.2) is 36.4 Å². The maximum Gasteiger partial charge on any atom is 0.319 e. The van der Waals surface area contributed by atoms with Crippen LogP contribution in [0, 0.1) is 30.0 Å². The number of ether oxygens (including phenoxy) is 1. The minimum Gasteiger partial charge on any atom is -0.450 e. The molecule has 0 heterocycles. The van der Waals surface area contributed by atoms with Crippen molar-refractivity contribution in [3.8, 4) is 11.5 Å². The van der Waals surface area contributed by atoms with Gasteiger partial charge in [0.05, 0.1) is 11.0 Å². The predicted octanol–water partition coefficient (Wildman–Crippen LogP) is 3.80. The standard InChI is InChI=1S/C14H12NO3/c1-10-6-5-9-13(11(10)2)18-14-8-4-3-7-12(14)15(16)17/h3-6,8-9H,1-2H3. The molecule has 2 aromatic carbocycles. The van der Waals surface area contributed by atoms with Crippen LogP contribution in [0.5, 0.6) is 11.5 Å². The lowest BCUT2D eigenvalue weighted by Gasteiger charge is -2.10. The maximum absolute atomic E-state index is 10.9. The van der Waals surface area contributed by atoms with Crippen molar-refractivity contribution in [3.05, 3.63) is 63.7 Å². The van der Waals surface area contributed by atoms with E-state index in [0.717, 1.165) is 11.1 Å². The summed E-state index contributed by atoms with van der Waals surface area (Å²) in [5.74, 6) is 0.828. The summed E-state index contributed by atoms with van der Waals surface area (Å²) < 4.78 is 5.61. The Kier molecular flexibility index (Phi) is 3.28. The van der Waals surface area contributed by atoms with Crippen LogP contribution in [0.2, 0.25) is 0 Å². The molecule has 0 amide bonds. The Bertz CT molecular complexity index is 593. The number of nitro groups is 1. The molecule has 0 saturated carbocycles. The van der Waals surface area contributed by atoms with Gasteiger partial charge in [0.15, 0.2) is 0 Å². The van der Waals surface area contributed by atoms with E-state index in [-0.39, 0.29) is 11.4 Å². The van der Waals surface area contributed by atoms with Crippen LogP contribution < -0.4 is 4.74 Å². The van der Waals surface area contributed by atoms with E-state index < -0.39 is 4.92 Å².